The van der Waals surface area contributed by atoms with E-state index >= 15 is 0 Å². The standard InChI is InChI=1S/C29H30F3NO4S/c1-4-33(27(34)19-38-23-9-7-6-8-10-23)18-21-17-22(29(30,31)32)12-13-24(21)25-15-20(11-14-26(25)36-3)16-28(35)37-5-2/h6-15,17H,4-5,16,18-19H2,1-3H3. The molecule has 0 aromatic heterocycles. The molecule has 0 radical (unpaired) electrons. The van der Waals surface area contributed by atoms with Gasteiger partial charge in [0.15, 0.2) is 0 Å². The van der Waals surface area contributed by atoms with Gasteiger partial charge in [0.1, 0.15) is 5.75 Å². The number of hydrogen-bond acceptors (Lipinski definition) is 5. The molecule has 9 heteroatoms. The van der Waals surface area contributed by atoms with E-state index < -0.39 is 17.7 Å². The second-order valence-electron chi connectivity index (χ2n) is 8.40. The number of benzene rings is 3. The molecule has 5 nitrogen and oxygen atoms in total. The van der Waals surface area contributed by atoms with E-state index in [1.165, 1.54) is 29.8 Å². The lowest BCUT2D eigenvalue weighted by molar-refractivity contribution is -0.142. The monoisotopic (exact) mass is 545 g/mol. The zero-order valence-electron chi connectivity index (χ0n) is 21.5. The first-order chi connectivity index (χ1) is 18.2. The van der Waals surface area contributed by atoms with Crippen LogP contribution in [-0.4, -0.2) is 42.8 Å². The van der Waals surface area contributed by atoms with Crippen molar-refractivity contribution in [2.75, 3.05) is 26.0 Å². The van der Waals surface area contributed by atoms with Crippen molar-refractivity contribution in [3.63, 3.8) is 0 Å². The molecular formula is C29H30F3NO4S. The molecule has 0 spiro atoms. The van der Waals surface area contributed by atoms with Crippen LogP contribution in [0.3, 0.4) is 0 Å². The van der Waals surface area contributed by atoms with E-state index in [2.05, 4.69) is 0 Å². The normalized spacial score (nSPS) is 11.2. The van der Waals surface area contributed by atoms with Gasteiger partial charge in [-0.25, -0.2) is 0 Å². The molecule has 0 aliphatic heterocycles. The van der Waals surface area contributed by atoms with Gasteiger partial charge >= 0.3 is 12.1 Å². The van der Waals surface area contributed by atoms with E-state index in [4.69, 9.17) is 9.47 Å². The van der Waals surface area contributed by atoms with E-state index in [0.717, 1.165) is 17.0 Å². The number of carbonyl (C=O) groups excluding carboxylic acids is 2. The Kier molecular flexibility index (Phi) is 10.2. The summed E-state index contributed by atoms with van der Waals surface area (Å²) in [5.41, 5.74) is 1.17. The van der Waals surface area contributed by atoms with Crippen molar-refractivity contribution >= 4 is 23.6 Å². The average Bonchev–Trinajstić information content (AvgIpc) is 2.90. The molecule has 0 fully saturated rings. The van der Waals surface area contributed by atoms with Gasteiger partial charge in [-0.05, 0) is 66.9 Å². The van der Waals surface area contributed by atoms with E-state index in [9.17, 15) is 22.8 Å². The van der Waals surface area contributed by atoms with Gasteiger partial charge < -0.3 is 14.4 Å². The van der Waals surface area contributed by atoms with Crippen molar-refractivity contribution in [2.45, 2.75) is 37.9 Å². The van der Waals surface area contributed by atoms with Crippen molar-refractivity contribution in [3.8, 4) is 16.9 Å². The fraction of sp³-hybridized carbons (Fsp3) is 0.310. The first-order valence-corrected chi connectivity index (χ1v) is 13.1. The Morgan fingerprint density at radius 1 is 0.947 bits per heavy atom. The lowest BCUT2D eigenvalue weighted by Crippen LogP contribution is -2.32. The van der Waals surface area contributed by atoms with Crippen LogP contribution in [0.15, 0.2) is 71.6 Å². The summed E-state index contributed by atoms with van der Waals surface area (Å²) in [4.78, 5) is 27.5. The van der Waals surface area contributed by atoms with E-state index in [1.807, 2.05) is 30.3 Å². The molecule has 0 aliphatic rings. The van der Waals surface area contributed by atoms with Gasteiger partial charge in [-0.15, -0.1) is 11.8 Å². The number of hydrogen-bond donors (Lipinski definition) is 0. The average molecular weight is 546 g/mol. The highest BCUT2D eigenvalue weighted by Crippen LogP contribution is 2.38. The maximum absolute atomic E-state index is 13.7. The molecular weight excluding hydrogens is 515 g/mol. The van der Waals surface area contributed by atoms with Crippen LogP contribution in [-0.2, 0) is 33.5 Å². The predicted molar refractivity (Wildman–Crippen MR) is 142 cm³/mol. The van der Waals surface area contributed by atoms with Crippen LogP contribution in [0.25, 0.3) is 11.1 Å². The van der Waals surface area contributed by atoms with Gasteiger partial charge in [0.05, 0.1) is 31.5 Å². The summed E-state index contributed by atoms with van der Waals surface area (Å²) < 4.78 is 51.5. The molecule has 0 atom stereocenters. The first kappa shape index (κ1) is 29.1. The number of esters is 1. The van der Waals surface area contributed by atoms with Crippen LogP contribution in [0.5, 0.6) is 5.75 Å². The molecule has 0 saturated carbocycles. The van der Waals surface area contributed by atoms with Crippen molar-refractivity contribution in [3.05, 3.63) is 83.4 Å². The number of rotatable bonds is 11. The fourth-order valence-corrected chi connectivity index (χ4v) is 4.78. The molecule has 0 unspecified atom stereocenters. The fourth-order valence-electron chi connectivity index (χ4n) is 3.95. The number of methoxy groups -OCH3 is 1. The maximum Gasteiger partial charge on any atom is 0.416 e. The topological polar surface area (TPSA) is 55.8 Å². The summed E-state index contributed by atoms with van der Waals surface area (Å²) in [7, 11) is 1.47. The summed E-state index contributed by atoms with van der Waals surface area (Å²) in [5, 5.41) is 0. The third-order valence-corrected chi connectivity index (χ3v) is 6.84. The molecule has 202 valence electrons. The molecule has 3 aromatic carbocycles. The molecule has 3 rings (SSSR count). The lowest BCUT2D eigenvalue weighted by Gasteiger charge is -2.24. The van der Waals surface area contributed by atoms with Crippen molar-refractivity contribution in [1.29, 1.82) is 0 Å². The molecule has 3 aromatic rings. The molecule has 0 saturated heterocycles. The molecule has 0 heterocycles. The number of thioether (sulfide) groups is 1. The van der Waals surface area contributed by atoms with Crippen LogP contribution in [0, 0.1) is 0 Å². The number of alkyl halides is 3. The van der Waals surface area contributed by atoms with Crippen molar-refractivity contribution in [2.24, 2.45) is 0 Å². The first-order valence-electron chi connectivity index (χ1n) is 12.1. The van der Waals surface area contributed by atoms with Crippen LogP contribution < -0.4 is 4.74 Å². The smallest absolute Gasteiger partial charge is 0.416 e. The van der Waals surface area contributed by atoms with Gasteiger partial charge in [-0.3, -0.25) is 9.59 Å². The third kappa shape index (κ3) is 7.77. The summed E-state index contributed by atoms with van der Waals surface area (Å²) in [6, 6.07) is 18.0. The second-order valence-corrected chi connectivity index (χ2v) is 9.44. The molecule has 38 heavy (non-hydrogen) atoms. The Morgan fingerprint density at radius 2 is 1.68 bits per heavy atom. The van der Waals surface area contributed by atoms with E-state index in [0.29, 0.717) is 34.5 Å². The summed E-state index contributed by atoms with van der Waals surface area (Å²) in [5.74, 6) is 0.000105. The number of ether oxygens (including phenoxy) is 2. The van der Waals surface area contributed by atoms with Gasteiger partial charge in [0.25, 0.3) is 0 Å². The van der Waals surface area contributed by atoms with Crippen molar-refractivity contribution in [1.82, 2.24) is 4.90 Å². The predicted octanol–water partition coefficient (Wildman–Crippen LogP) is 6.63. The SMILES string of the molecule is CCOC(=O)Cc1ccc(OC)c(-c2ccc(C(F)(F)F)cc2CN(CC)C(=O)CSc2ccccc2)c1. The minimum absolute atomic E-state index is 0.0110. The highest BCUT2D eigenvalue weighted by atomic mass is 32.2. The number of halogens is 3. The van der Waals surface area contributed by atoms with Gasteiger partial charge in [-0.2, -0.15) is 13.2 Å². The molecule has 1 amide bonds. The van der Waals surface area contributed by atoms with Gasteiger partial charge in [0, 0.05) is 23.5 Å². The van der Waals surface area contributed by atoms with Crippen molar-refractivity contribution < 1.29 is 32.2 Å². The molecule has 0 aliphatic carbocycles. The Hall–Kier alpha value is -3.46. The van der Waals surface area contributed by atoms with Crippen LogP contribution >= 0.6 is 11.8 Å². The largest absolute Gasteiger partial charge is 0.496 e. The molecule has 0 N–H and O–H groups in total. The number of amides is 1. The highest BCUT2D eigenvalue weighted by molar-refractivity contribution is 8.00. The van der Waals surface area contributed by atoms with Crippen LogP contribution in [0.2, 0.25) is 0 Å². The van der Waals surface area contributed by atoms with Crippen LogP contribution in [0.1, 0.15) is 30.5 Å². The highest BCUT2D eigenvalue weighted by Gasteiger charge is 2.31. The lowest BCUT2D eigenvalue weighted by atomic mass is 9.94. The minimum Gasteiger partial charge on any atom is -0.496 e. The molecule has 0 bridgehead atoms. The van der Waals surface area contributed by atoms with Gasteiger partial charge in [-0.1, -0.05) is 30.3 Å². The van der Waals surface area contributed by atoms with Crippen LogP contribution in [0.4, 0.5) is 13.2 Å². The van der Waals surface area contributed by atoms with Gasteiger partial charge in [0.2, 0.25) is 5.91 Å². The zero-order chi connectivity index (χ0) is 27.7. The second kappa shape index (κ2) is 13.4. The Bertz CT molecular complexity index is 1250. The quantitative estimate of drug-likeness (QED) is 0.200. The summed E-state index contributed by atoms with van der Waals surface area (Å²) >= 11 is 1.37. The van der Waals surface area contributed by atoms with E-state index in [1.54, 1.807) is 32.0 Å². The maximum atomic E-state index is 13.7. The summed E-state index contributed by atoms with van der Waals surface area (Å²) in [6.07, 6.45) is -4.54. The third-order valence-electron chi connectivity index (χ3n) is 5.84. The number of carbonyl (C=O) groups is 2. The Balaban J connectivity index is 1.98. The number of nitrogens with zero attached hydrogens (tertiary/aromatic N) is 1. The Morgan fingerprint density at radius 3 is 2.32 bits per heavy atom. The Labute approximate surface area is 224 Å². The van der Waals surface area contributed by atoms with E-state index in [-0.39, 0.29) is 31.2 Å². The zero-order valence-corrected chi connectivity index (χ0v) is 22.3. The summed E-state index contributed by atoms with van der Waals surface area (Å²) in [6.45, 7) is 4.05. The minimum atomic E-state index is -4.55.